The highest BCUT2D eigenvalue weighted by atomic mass is 16.4. The van der Waals surface area contributed by atoms with Crippen molar-refractivity contribution in [3.05, 3.63) is 29.8 Å². The summed E-state index contributed by atoms with van der Waals surface area (Å²) in [5, 5.41) is 17.3. The van der Waals surface area contributed by atoms with Gasteiger partial charge in [-0.2, -0.15) is 0 Å². The summed E-state index contributed by atoms with van der Waals surface area (Å²) in [5.74, 6) is -1.74. The molecule has 5 heteroatoms. The van der Waals surface area contributed by atoms with Crippen molar-refractivity contribution in [2.75, 3.05) is 18.5 Å². The van der Waals surface area contributed by atoms with E-state index >= 15 is 0 Å². The van der Waals surface area contributed by atoms with Gasteiger partial charge in [0.25, 0.3) is 0 Å². The molecule has 0 saturated carbocycles. The lowest BCUT2D eigenvalue weighted by Crippen LogP contribution is -2.25. The van der Waals surface area contributed by atoms with E-state index in [1.165, 1.54) is 0 Å². The molecule has 17 heavy (non-hydrogen) atoms. The van der Waals surface area contributed by atoms with Gasteiger partial charge in [0.2, 0.25) is 0 Å². The number of carboxylic acid groups (broad SMARTS) is 2. The summed E-state index contributed by atoms with van der Waals surface area (Å²) < 4.78 is 0. The van der Waals surface area contributed by atoms with E-state index in [9.17, 15) is 9.59 Å². The Labute approximate surface area is 99.3 Å². The SMILES string of the molecule is CN(CC(=O)O)c1cccc(CCC(=O)O)c1. The highest BCUT2D eigenvalue weighted by Crippen LogP contribution is 2.15. The van der Waals surface area contributed by atoms with Gasteiger partial charge in [-0.1, -0.05) is 12.1 Å². The Morgan fingerprint density at radius 1 is 1.24 bits per heavy atom. The number of hydrogen-bond acceptors (Lipinski definition) is 3. The minimum Gasteiger partial charge on any atom is -0.481 e. The molecule has 5 nitrogen and oxygen atoms in total. The number of likely N-dealkylation sites (N-methyl/N-ethyl adjacent to an activating group) is 1. The topological polar surface area (TPSA) is 77.8 Å². The second kappa shape index (κ2) is 5.89. The van der Waals surface area contributed by atoms with Crippen molar-refractivity contribution in [3.63, 3.8) is 0 Å². The number of aliphatic carboxylic acids is 2. The van der Waals surface area contributed by atoms with Gasteiger partial charge in [0, 0.05) is 19.2 Å². The lowest BCUT2D eigenvalue weighted by molar-refractivity contribution is -0.137. The van der Waals surface area contributed by atoms with E-state index in [0.717, 1.165) is 11.3 Å². The zero-order chi connectivity index (χ0) is 12.8. The second-order valence-corrected chi connectivity index (χ2v) is 3.81. The largest absolute Gasteiger partial charge is 0.481 e. The van der Waals surface area contributed by atoms with Crippen LogP contribution >= 0.6 is 0 Å². The van der Waals surface area contributed by atoms with Crippen LogP contribution in [0.5, 0.6) is 0 Å². The monoisotopic (exact) mass is 237 g/mol. The molecule has 0 unspecified atom stereocenters. The van der Waals surface area contributed by atoms with Gasteiger partial charge < -0.3 is 15.1 Å². The third-order valence-electron chi connectivity index (χ3n) is 2.35. The lowest BCUT2D eigenvalue weighted by atomic mass is 10.1. The highest BCUT2D eigenvalue weighted by molar-refractivity contribution is 5.73. The molecule has 0 bridgehead atoms. The van der Waals surface area contributed by atoms with E-state index in [1.54, 1.807) is 24.1 Å². The first-order chi connectivity index (χ1) is 7.99. The second-order valence-electron chi connectivity index (χ2n) is 3.81. The van der Waals surface area contributed by atoms with Gasteiger partial charge in [0.1, 0.15) is 6.54 Å². The van der Waals surface area contributed by atoms with Gasteiger partial charge in [-0.15, -0.1) is 0 Å². The van der Waals surface area contributed by atoms with Crippen LogP contribution in [0.4, 0.5) is 5.69 Å². The Kier molecular flexibility index (Phi) is 4.51. The van der Waals surface area contributed by atoms with E-state index in [2.05, 4.69) is 0 Å². The normalized spacial score (nSPS) is 9.94. The van der Waals surface area contributed by atoms with E-state index in [0.29, 0.717) is 6.42 Å². The Morgan fingerprint density at radius 2 is 1.94 bits per heavy atom. The molecule has 0 atom stereocenters. The molecule has 1 rings (SSSR count). The molecule has 92 valence electrons. The summed E-state index contributed by atoms with van der Waals surface area (Å²) in [7, 11) is 1.68. The van der Waals surface area contributed by atoms with Gasteiger partial charge in [0.05, 0.1) is 0 Å². The summed E-state index contributed by atoms with van der Waals surface area (Å²) in [4.78, 5) is 22.6. The molecule has 0 amide bonds. The van der Waals surface area contributed by atoms with Crippen LogP contribution in [0.3, 0.4) is 0 Å². The molecule has 1 aromatic rings. The molecule has 1 aromatic carbocycles. The van der Waals surface area contributed by atoms with Gasteiger partial charge in [-0.25, -0.2) is 0 Å². The van der Waals surface area contributed by atoms with Crippen molar-refractivity contribution in [1.82, 2.24) is 0 Å². The summed E-state index contributed by atoms with van der Waals surface area (Å²) >= 11 is 0. The predicted octanol–water partition coefficient (Wildman–Crippen LogP) is 1.22. The highest BCUT2D eigenvalue weighted by Gasteiger charge is 2.06. The van der Waals surface area contributed by atoms with Crippen LogP contribution in [-0.4, -0.2) is 35.7 Å². The lowest BCUT2D eigenvalue weighted by Gasteiger charge is -2.17. The zero-order valence-corrected chi connectivity index (χ0v) is 9.59. The molecule has 0 spiro atoms. The maximum Gasteiger partial charge on any atom is 0.323 e. The minimum atomic E-state index is -0.900. The quantitative estimate of drug-likeness (QED) is 0.778. The summed E-state index contributed by atoms with van der Waals surface area (Å²) in [6.45, 7) is -0.0810. The summed E-state index contributed by atoms with van der Waals surface area (Å²) in [6, 6.07) is 7.24. The number of rotatable bonds is 6. The van der Waals surface area contributed by atoms with Crippen LogP contribution in [0.15, 0.2) is 24.3 Å². The fourth-order valence-corrected chi connectivity index (χ4v) is 1.49. The van der Waals surface area contributed by atoms with Crippen LogP contribution in [0, 0.1) is 0 Å². The molecule has 0 saturated heterocycles. The number of carboxylic acids is 2. The first-order valence-electron chi connectivity index (χ1n) is 5.22. The van der Waals surface area contributed by atoms with Crippen molar-refractivity contribution in [2.24, 2.45) is 0 Å². The Morgan fingerprint density at radius 3 is 2.53 bits per heavy atom. The molecule has 0 aromatic heterocycles. The zero-order valence-electron chi connectivity index (χ0n) is 9.59. The van der Waals surface area contributed by atoms with Crippen LogP contribution in [0.2, 0.25) is 0 Å². The van der Waals surface area contributed by atoms with E-state index in [-0.39, 0.29) is 13.0 Å². The number of anilines is 1. The van der Waals surface area contributed by atoms with E-state index in [1.807, 2.05) is 12.1 Å². The molecule has 2 N–H and O–H groups in total. The van der Waals surface area contributed by atoms with Crippen molar-refractivity contribution in [1.29, 1.82) is 0 Å². The van der Waals surface area contributed by atoms with Gasteiger partial charge in [-0.05, 0) is 24.1 Å². The van der Waals surface area contributed by atoms with Crippen LogP contribution in [-0.2, 0) is 16.0 Å². The molecule has 0 heterocycles. The molecule has 0 fully saturated rings. The summed E-state index contributed by atoms with van der Waals surface area (Å²) in [5.41, 5.74) is 1.66. The smallest absolute Gasteiger partial charge is 0.323 e. The molecule has 0 radical (unpaired) electrons. The molecule has 0 aliphatic rings. The van der Waals surface area contributed by atoms with Crippen molar-refractivity contribution >= 4 is 17.6 Å². The molecule has 0 aliphatic heterocycles. The average molecular weight is 237 g/mol. The Bertz CT molecular complexity index is 417. The first-order valence-corrected chi connectivity index (χ1v) is 5.22. The molecular formula is C12H15NO4. The van der Waals surface area contributed by atoms with E-state index < -0.39 is 11.9 Å². The molecular weight excluding hydrogens is 222 g/mol. The van der Waals surface area contributed by atoms with Crippen LogP contribution in [0.25, 0.3) is 0 Å². The third kappa shape index (κ3) is 4.55. The number of hydrogen-bond donors (Lipinski definition) is 2. The third-order valence-corrected chi connectivity index (χ3v) is 2.35. The fourth-order valence-electron chi connectivity index (χ4n) is 1.49. The number of aryl methyl sites for hydroxylation is 1. The van der Waals surface area contributed by atoms with Gasteiger partial charge in [0.15, 0.2) is 0 Å². The Hall–Kier alpha value is -2.04. The minimum absolute atomic E-state index is 0.0755. The average Bonchev–Trinajstić information content (AvgIpc) is 2.26. The van der Waals surface area contributed by atoms with Crippen molar-refractivity contribution in [3.8, 4) is 0 Å². The number of nitrogens with zero attached hydrogens (tertiary/aromatic N) is 1. The van der Waals surface area contributed by atoms with Crippen molar-refractivity contribution in [2.45, 2.75) is 12.8 Å². The fraction of sp³-hybridized carbons (Fsp3) is 0.333. The number of benzene rings is 1. The predicted molar refractivity (Wildman–Crippen MR) is 63.3 cm³/mol. The number of carbonyl (C=O) groups is 2. The van der Waals surface area contributed by atoms with E-state index in [4.69, 9.17) is 10.2 Å². The van der Waals surface area contributed by atoms with Gasteiger partial charge in [-0.3, -0.25) is 9.59 Å². The maximum absolute atomic E-state index is 10.6. The Balaban J connectivity index is 2.71. The van der Waals surface area contributed by atoms with Crippen molar-refractivity contribution < 1.29 is 19.8 Å². The summed E-state index contributed by atoms with van der Waals surface area (Å²) in [6.07, 6.45) is 0.524. The maximum atomic E-state index is 10.6. The molecule has 0 aliphatic carbocycles. The van der Waals surface area contributed by atoms with Crippen LogP contribution in [0.1, 0.15) is 12.0 Å². The first kappa shape index (κ1) is 13.0. The van der Waals surface area contributed by atoms with Gasteiger partial charge >= 0.3 is 11.9 Å². The standard InChI is InChI=1S/C12H15NO4/c1-13(8-12(16)17)10-4-2-3-9(7-10)5-6-11(14)15/h2-4,7H,5-6,8H2,1H3,(H,14,15)(H,16,17). The van der Waals surface area contributed by atoms with Crippen LogP contribution < -0.4 is 4.90 Å².